The third-order valence-electron chi connectivity index (χ3n) is 2.06. The second-order valence-electron chi connectivity index (χ2n) is 4.53. The molecule has 8 heteroatoms. The zero-order chi connectivity index (χ0) is 14.3. The molecule has 1 aromatic heterocycles. The summed E-state index contributed by atoms with van der Waals surface area (Å²) >= 11 is 1.40. The van der Waals surface area contributed by atoms with Crippen LogP contribution >= 0.6 is 11.3 Å². The molecule has 0 saturated carbocycles. The van der Waals surface area contributed by atoms with Gasteiger partial charge in [0, 0.05) is 13.0 Å². The maximum Gasteiger partial charge on any atom is 0.411 e. The van der Waals surface area contributed by atoms with Gasteiger partial charge in [-0.15, -0.1) is 21.5 Å². The number of hydrogen-bond donors (Lipinski definition) is 1. The van der Waals surface area contributed by atoms with E-state index < -0.39 is 12.8 Å². The van der Waals surface area contributed by atoms with E-state index in [4.69, 9.17) is 0 Å². The monoisotopic (exact) mass is 297 g/mol. The Balaban J connectivity index is 2.19. The Morgan fingerprint density at radius 2 is 1.95 bits per heavy atom. The normalized spacial score (nSPS) is 12.3. The number of nitrogens with zero attached hydrogens (tertiary/aromatic N) is 2. The van der Waals surface area contributed by atoms with Crippen molar-refractivity contribution in [2.75, 3.05) is 19.8 Å². The van der Waals surface area contributed by atoms with Crippen LogP contribution in [0.5, 0.6) is 0 Å². The first-order valence-corrected chi connectivity index (χ1v) is 6.85. The topological polar surface area (TPSA) is 47.0 Å². The summed E-state index contributed by atoms with van der Waals surface area (Å²) in [5.41, 5.74) is 0. The van der Waals surface area contributed by atoms with Crippen LogP contribution in [0.3, 0.4) is 0 Å². The minimum Gasteiger partial charge on any atom is -0.372 e. The highest BCUT2D eigenvalue weighted by Gasteiger charge is 2.27. The molecular formula is C11H18F3N3OS. The highest BCUT2D eigenvalue weighted by atomic mass is 32.1. The van der Waals surface area contributed by atoms with E-state index in [1.807, 2.05) is 0 Å². The molecule has 0 amide bonds. The van der Waals surface area contributed by atoms with E-state index >= 15 is 0 Å². The van der Waals surface area contributed by atoms with Crippen molar-refractivity contribution >= 4 is 11.3 Å². The summed E-state index contributed by atoms with van der Waals surface area (Å²) in [5.74, 6) is 0.558. The maximum atomic E-state index is 11.8. The number of aromatic nitrogens is 2. The molecule has 0 saturated heterocycles. The van der Waals surface area contributed by atoms with Crippen molar-refractivity contribution in [3.05, 3.63) is 10.0 Å². The molecule has 19 heavy (non-hydrogen) atoms. The molecular weight excluding hydrogens is 279 g/mol. The Kier molecular flexibility index (Phi) is 6.67. The first kappa shape index (κ1) is 16.3. The van der Waals surface area contributed by atoms with Gasteiger partial charge < -0.3 is 10.1 Å². The Morgan fingerprint density at radius 1 is 1.26 bits per heavy atom. The van der Waals surface area contributed by atoms with E-state index in [0.717, 1.165) is 11.6 Å². The molecule has 1 heterocycles. The number of rotatable bonds is 8. The average Bonchev–Trinajstić information content (AvgIpc) is 2.71. The first-order valence-electron chi connectivity index (χ1n) is 6.03. The van der Waals surface area contributed by atoms with E-state index in [-0.39, 0.29) is 6.61 Å². The fourth-order valence-electron chi connectivity index (χ4n) is 1.28. The number of halogens is 3. The molecule has 0 spiro atoms. The van der Waals surface area contributed by atoms with Gasteiger partial charge in [-0.3, -0.25) is 0 Å². The van der Waals surface area contributed by atoms with Gasteiger partial charge in [-0.05, 0) is 12.5 Å². The minimum atomic E-state index is -4.27. The quantitative estimate of drug-likeness (QED) is 0.749. The SMILES string of the molecule is CC(C)CNCc1nnc(CCOCC(F)(F)F)s1. The van der Waals surface area contributed by atoms with E-state index in [1.165, 1.54) is 11.3 Å². The van der Waals surface area contributed by atoms with Crippen LogP contribution < -0.4 is 5.32 Å². The van der Waals surface area contributed by atoms with Crippen LogP contribution in [0.25, 0.3) is 0 Å². The van der Waals surface area contributed by atoms with Crippen LogP contribution in [0.15, 0.2) is 0 Å². The minimum absolute atomic E-state index is 0.00751. The second kappa shape index (κ2) is 7.76. The summed E-state index contributed by atoms with van der Waals surface area (Å²) in [6.07, 6.45) is -3.91. The van der Waals surface area contributed by atoms with Crippen molar-refractivity contribution in [2.24, 2.45) is 5.92 Å². The average molecular weight is 297 g/mol. The highest BCUT2D eigenvalue weighted by Crippen LogP contribution is 2.15. The number of hydrogen-bond acceptors (Lipinski definition) is 5. The van der Waals surface area contributed by atoms with Gasteiger partial charge in [0.25, 0.3) is 0 Å². The van der Waals surface area contributed by atoms with E-state index in [2.05, 4.69) is 34.1 Å². The lowest BCUT2D eigenvalue weighted by molar-refractivity contribution is -0.173. The molecule has 0 fully saturated rings. The van der Waals surface area contributed by atoms with Crippen LogP contribution in [0.1, 0.15) is 23.9 Å². The summed E-state index contributed by atoms with van der Waals surface area (Å²) in [6, 6.07) is 0. The standard InChI is InChI=1S/C11H18F3N3OS/c1-8(2)5-15-6-10-17-16-9(19-10)3-4-18-7-11(12,13)14/h8,15H,3-7H2,1-2H3. The molecule has 0 radical (unpaired) electrons. The van der Waals surface area contributed by atoms with Gasteiger partial charge in [-0.25, -0.2) is 0 Å². The third-order valence-corrected chi connectivity index (χ3v) is 3.05. The van der Waals surface area contributed by atoms with Crippen LogP contribution in [0.2, 0.25) is 0 Å². The van der Waals surface area contributed by atoms with Crippen molar-refractivity contribution in [2.45, 2.75) is 33.0 Å². The van der Waals surface area contributed by atoms with Gasteiger partial charge >= 0.3 is 6.18 Å². The molecule has 1 N–H and O–H groups in total. The molecule has 0 atom stereocenters. The molecule has 0 bridgehead atoms. The zero-order valence-corrected chi connectivity index (χ0v) is 11.8. The highest BCUT2D eigenvalue weighted by molar-refractivity contribution is 7.11. The summed E-state index contributed by atoms with van der Waals surface area (Å²) in [4.78, 5) is 0. The van der Waals surface area contributed by atoms with Gasteiger partial charge in [0.05, 0.1) is 6.61 Å². The van der Waals surface area contributed by atoms with Crippen molar-refractivity contribution in [3.63, 3.8) is 0 Å². The second-order valence-corrected chi connectivity index (χ2v) is 5.68. The van der Waals surface area contributed by atoms with Crippen molar-refractivity contribution in [1.82, 2.24) is 15.5 Å². The van der Waals surface area contributed by atoms with Crippen LogP contribution in [-0.2, 0) is 17.7 Å². The van der Waals surface area contributed by atoms with Crippen LogP contribution in [-0.4, -0.2) is 36.1 Å². The fraction of sp³-hybridized carbons (Fsp3) is 0.818. The Bertz CT molecular complexity index is 368. The largest absolute Gasteiger partial charge is 0.411 e. The molecule has 1 rings (SSSR count). The molecule has 4 nitrogen and oxygen atoms in total. The number of ether oxygens (including phenoxy) is 1. The fourth-order valence-corrected chi connectivity index (χ4v) is 2.07. The van der Waals surface area contributed by atoms with Gasteiger partial charge in [-0.2, -0.15) is 13.2 Å². The predicted molar refractivity (Wildman–Crippen MR) is 67.0 cm³/mol. The summed E-state index contributed by atoms with van der Waals surface area (Å²) in [7, 11) is 0. The predicted octanol–water partition coefficient (Wildman–Crippen LogP) is 2.41. The van der Waals surface area contributed by atoms with Crippen molar-refractivity contribution in [1.29, 1.82) is 0 Å². The van der Waals surface area contributed by atoms with Gasteiger partial charge in [0.2, 0.25) is 0 Å². The number of alkyl halides is 3. The molecule has 1 aromatic rings. The Hall–Kier alpha value is -0.730. The zero-order valence-electron chi connectivity index (χ0n) is 11.0. The molecule has 0 unspecified atom stereocenters. The van der Waals surface area contributed by atoms with Crippen molar-refractivity contribution in [3.8, 4) is 0 Å². The maximum absolute atomic E-state index is 11.8. The Labute approximate surface area is 114 Å². The lowest BCUT2D eigenvalue weighted by Gasteiger charge is -2.05. The molecule has 0 aliphatic carbocycles. The van der Waals surface area contributed by atoms with Gasteiger partial charge in [0.15, 0.2) is 0 Å². The summed E-state index contributed by atoms with van der Waals surface area (Å²) in [6.45, 7) is 4.54. The number of nitrogens with one attached hydrogen (secondary N) is 1. The lowest BCUT2D eigenvalue weighted by Crippen LogP contribution is -2.18. The van der Waals surface area contributed by atoms with E-state index in [9.17, 15) is 13.2 Å². The lowest BCUT2D eigenvalue weighted by atomic mass is 10.2. The smallest absolute Gasteiger partial charge is 0.372 e. The summed E-state index contributed by atoms with van der Waals surface area (Å²) in [5, 5.41) is 12.7. The summed E-state index contributed by atoms with van der Waals surface area (Å²) < 4.78 is 40.0. The first-order chi connectivity index (χ1) is 8.87. The molecule has 0 aliphatic rings. The van der Waals surface area contributed by atoms with Crippen molar-refractivity contribution < 1.29 is 17.9 Å². The molecule has 110 valence electrons. The van der Waals surface area contributed by atoms with Crippen LogP contribution in [0.4, 0.5) is 13.2 Å². The van der Waals surface area contributed by atoms with Gasteiger partial charge in [-0.1, -0.05) is 13.8 Å². The Morgan fingerprint density at radius 3 is 2.58 bits per heavy atom. The van der Waals surface area contributed by atoms with E-state index in [1.54, 1.807) is 0 Å². The molecule has 0 aromatic carbocycles. The van der Waals surface area contributed by atoms with E-state index in [0.29, 0.717) is 23.9 Å². The molecule has 0 aliphatic heterocycles. The van der Waals surface area contributed by atoms with Crippen LogP contribution in [0, 0.1) is 5.92 Å². The van der Waals surface area contributed by atoms with Gasteiger partial charge in [0.1, 0.15) is 16.6 Å². The third kappa shape index (κ3) is 8.12.